The summed E-state index contributed by atoms with van der Waals surface area (Å²) in [7, 11) is 3.34. The zero-order valence-corrected chi connectivity index (χ0v) is 14.5. The second-order valence-electron chi connectivity index (χ2n) is 5.78. The Hall–Kier alpha value is -2.63. The molecule has 0 bridgehead atoms. The van der Waals surface area contributed by atoms with Crippen LogP contribution in [0, 0.1) is 0 Å². The maximum atomic E-state index is 12.1. The average Bonchev–Trinajstić information content (AvgIpc) is 2.57. The van der Waals surface area contributed by atoms with Crippen molar-refractivity contribution < 1.29 is 9.53 Å². The van der Waals surface area contributed by atoms with Crippen LogP contribution in [0.4, 0.5) is 5.95 Å². The molecule has 6 heteroatoms. The van der Waals surface area contributed by atoms with Crippen molar-refractivity contribution in [2.45, 2.75) is 26.2 Å². The summed E-state index contributed by atoms with van der Waals surface area (Å²) in [5, 5.41) is 0. The van der Waals surface area contributed by atoms with E-state index in [0.717, 1.165) is 30.6 Å². The lowest BCUT2D eigenvalue weighted by Gasteiger charge is -2.11. The highest BCUT2D eigenvalue weighted by molar-refractivity contribution is 5.93. The van der Waals surface area contributed by atoms with Gasteiger partial charge in [0, 0.05) is 19.7 Å². The van der Waals surface area contributed by atoms with Crippen molar-refractivity contribution >= 4 is 11.9 Å². The Morgan fingerprint density at radius 1 is 1.21 bits per heavy atom. The quantitative estimate of drug-likeness (QED) is 0.790. The molecule has 2 N–H and O–H groups in total. The minimum Gasteiger partial charge on any atom is -0.494 e. The van der Waals surface area contributed by atoms with Crippen LogP contribution in [0.5, 0.6) is 5.75 Å². The third kappa shape index (κ3) is 4.68. The summed E-state index contributed by atoms with van der Waals surface area (Å²) < 4.78 is 5.77. The van der Waals surface area contributed by atoms with E-state index in [2.05, 4.69) is 16.9 Å². The van der Waals surface area contributed by atoms with E-state index in [9.17, 15) is 4.79 Å². The number of nitrogens with zero attached hydrogens (tertiary/aromatic N) is 3. The van der Waals surface area contributed by atoms with Gasteiger partial charge in [0.15, 0.2) is 0 Å². The molecular weight excluding hydrogens is 304 g/mol. The molecule has 1 heterocycles. The number of nitrogens with two attached hydrogens (primary N) is 1. The Labute approximate surface area is 142 Å². The number of carbonyl (C=O) groups excluding carboxylic acids is 1. The maximum absolute atomic E-state index is 12.1. The standard InChI is InChI=1S/C18H24N4O2/c1-4-5-6-10-24-14-9-7-8-13(11-14)15-12-16(17(23)22(2)3)21-18(19)20-15/h7-9,11-12H,4-6,10H2,1-3H3,(H2,19,20,21). The van der Waals surface area contributed by atoms with Crippen LogP contribution in [-0.2, 0) is 0 Å². The first-order valence-electron chi connectivity index (χ1n) is 8.10. The van der Waals surface area contributed by atoms with Crippen LogP contribution < -0.4 is 10.5 Å². The molecule has 0 aliphatic rings. The van der Waals surface area contributed by atoms with Crippen molar-refractivity contribution in [3.8, 4) is 17.0 Å². The number of rotatable bonds is 7. The molecule has 0 saturated heterocycles. The lowest BCUT2D eigenvalue weighted by Crippen LogP contribution is -2.23. The Morgan fingerprint density at radius 2 is 2.00 bits per heavy atom. The highest BCUT2D eigenvalue weighted by Gasteiger charge is 2.13. The minimum atomic E-state index is -0.211. The van der Waals surface area contributed by atoms with Crippen molar-refractivity contribution in [1.82, 2.24) is 14.9 Å². The number of unbranched alkanes of at least 4 members (excludes halogenated alkanes) is 2. The molecule has 1 aromatic heterocycles. The first-order chi connectivity index (χ1) is 11.5. The number of hydrogen-bond acceptors (Lipinski definition) is 5. The van der Waals surface area contributed by atoms with E-state index in [-0.39, 0.29) is 17.5 Å². The molecule has 6 nitrogen and oxygen atoms in total. The van der Waals surface area contributed by atoms with E-state index in [4.69, 9.17) is 10.5 Å². The van der Waals surface area contributed by atoms with Gasteiger partial charge < -0.3 is 15.4 Å². The van der Waals surface area contributed by atoms with E-state index < -0.39 is 0 Å². The molecule has 0 aliphatic heterocycles. The maximum Gasteiger partial charge on any atom is 0.272 e. The molecule has 0 fully saturated rings. The normalized spacial score (nSPS) is 10.5. The summed E-state index contributed by atoms with van der Waals surface area (Å²) in [5.74, 6) is 0.644. The monoisotopic (exact) mass is 328 g/mol. The molecule has 0 atom stereocenters. The number of amides is 1. The van der Waals surface area contributed by atoms with Gasteiger partial charge in [0.05, 0.1) is 12.3 Å². The SMILES string of the molecule is CCCCCOc1cccc(-c2cc(C(=O)N(C)C)nc(N)n2)c1. The van der Waals surface area contributed by atoms with Gasteiger partial charge in [-0.15, -0.1) is 0 Å². The Balaban J connectivity index is 2.23. The van der Waals surface area contributed by atoms with Crippen LogP contribution in [-0.4, -0.2) is 41.5 Å². The van der Waals surface area contributed by atoms with Gasteiger partial charge in [0.1, 0.15) is 11.4 Å². The van der Waals surface area contributed by atoms with Gasteiger partial charge in [-0.2, -0.15) is 0 Å². The lowest BCUT2D eigenvalue weighted by molar-refractivity contribution is 0.0822. The molecule has 2 rings (SSSR count). The largest absolute Gasteiger partial charge is 0.494 e. The van der Waals surface area contributed by atoms with Gasteiger partial charge in [0.2, 0.25) is 5.95 Å². The van der Waals surface area contributed by atoms with Crippen LogP contribution in [0.15, 0.2) is 30.3 Å². The van der Waals surface area contributed by atoms with Crippen LogP contribution in [0.25, 0.3) is 11.3 Å². The van der Waals surface area contributed by atoms with Gasteiger partial charge in [-0.05, 0) is 24.6 Å². The van der Waals surface area contributed by atoms with E-state index in [1.807, 2.05) is 24.3 Å². The molecule has 0 saturated carbocycles. The summed E-state index contributed by atoms with van der Waals surface area (Å²) in [6.45, 7) is 2.85. The van der Waals surface area contributed by atoms with Crippen LogP contribution in [0.1, 0.15) is 36.7 Å². The molecule has 0 spiro atoms. The number of carbonyl (C=O) groups is 1. The lowest BCUT2D eigenvalue weighted by atomic mass is 10.1. The highest BCUT2D eigenvalue weighted by Crippen LogP contribution is 2.24. The number of nitrogen functional groups attached to an aromatic ring is 1. The fourth-order valence-corrected chi connectivity index (χ4v) is 2.24. The fourth-order valence-electron chi connectivity index (χ4n) is 2.24. The van der Waals surface area contributed by atoms with Gasteiger partial charge >= 0.3 is 0 Å². The first-order valence-corrected chi connectivity index (χ1v) is 8.10. The molecule has 128 valence electrons. The summed E-state index contributed by atoms with van der Waals surface area (Å²) in [4.78, 5) is 21.8. The zero-order valence-electron chi connectivity index (χ0n) is 14.5. The molecule has 1 amide bonds. The van der Waals surface area contributed by atoms with Crippen molar-refractivity contribution in [1.29, 1.82) is 0 Å². The molecular formula is C18H24N4O2. The fraction of sp³-hybridized carbons (Fsp3) is 0.389. The number of anilines is 1. The van der Waals surface area contributed by atoms with E-state index >= 15 is 0 Å². The number of aromatic nitrogens is 2. The van der Waals surface area contributed by atoms with E-state index in [1.54, 1.807) is 20.2 Å². The average molecular weight is 328 g/mol. The summed E-state index contributed by atoms with van der Waals surface area (Å²) in [6.07, 6.45) is 3.34. The van der Waals surface area contributed by atoms with Crippen LogP contribution in [0.3, 0.4) is 0 Å². The van der Waals surface area contributed by atoms with Crippen molar-refractivity contribution in [2.75, 3.05) is 26.4 Å². The van der Waals surface area contributed by atoms with Crippen LogP contribution >= 0.6 is 0 Å². The third-order valence-electron chi connectivity index (χ3n) is 3.52. The van der Waals surface area contributed by atoms with Crippen molar-refractivity contribution in [2.24, 2.45) is 0 Å². The molecule has 1 aromatic carbocycles. The smallest absolute Gasteiger partial charge is 0.272 e. The molecule has 2 aromatic rings. The molecule has 24 heavy (non-hydrogen) atoms. The first kappa shape index (κ1) is 17.7. The number of benzene rings is 1. The zero-order chi connectivity index (χ0) is 17.5. The number of hydrogen-bond donors (Lipinski definition) is 1. The minimum absolute atomic E-state index is 0.0759. The van der Waals surface area contributed by atoms with Crippen molar-refractivity contribution in [3.63, 3.8) is 0 Å². The summed E-state index contributed by atoms with van der Waals surface area (Å²) >= 11 is 0. The Morgan fingerprint density at radius 3 is 2.71 bits per heavy atom. The predicted molar refractivity (Wildman–Crippen MR) is 94.9 cm³/mol. The predicted octanol–water partition coefficient (Wildman–Crippen LogP) is 3.00. The van der Waals surface area contributed by atoms with Gasteiger partial charge in [-0.1, -0.05) is 31.9 Å². The molecule has 0 aliphatic carbocycles. The van der Waals surface area contributed by atoms with E-state index in [1.165, 1.54) is 4.90 Å². The second-order valence-corrected chi connectivity index (χ2v) is 5.78. The highest BCUT2D eigenvalue weighted by atomic mass is 16.5. The number of ether oxygens (including phenoxy) is 1. The van der Waals surface area contributed by atoms with Crippen molar-refractivity contribution in [3.05, 3.63) is 36.0 Å². The summed E-state index contributed by atoms with van der Waals surface area (Å²) in [6, 6.07) is 9.26. The Bertz CT molecular complexity index is 701. The topological polar surface area (TPSA) is 81.3 Å². The molecule has 0 radical (unpaired) electrons. The van der Waals surface area contributed by atoms with Gasteiger partial charge in [0.25, 0.3) is 5.91 Å². The van der Waals surface area contributed by atoms with Gasteiger partial charge in [-0.25, -0.2) is 9.97 Å². The molecule has 0 unspecified atom stereocenters. The van der Waals surface area contributed by atoms with Crippen LogP contribution in [0.2, 0.25) is 0 Å². The Kier molecular flexibility index (Phi) is 6.12. The van der Waals surface area contributed by atoms with Gasteiger partial charge in [-0.3, -0.25) is 4.79 Å². The van der Waals surface area contributed by atoms with E-state index in [0.29, 0.717) is 12.3 Å². The summed E-state index contributed by atoms with van der Waals surface area (Å²) in [5.41, 5.74) is 7.48. The third-order valence-corrected chi connectivity index (χ3v) is 3.52. The second kappa shape index (κ2) is 8.29.